The van der Waals surface area contributed by atoms with Crippen molar-refractivity contribution in [3.63, 3.8) is 0 Å². The maximum Gasteiger partial charge on any atom is 0.242 e. The van der Waals surface area contributed by atoms with E-state index in [1.807, 2.05) is 12.1 Å². The fraction of sp³-hybridized carbons (Fsp3) is 0.485. The van der Waals surface area contributed by atoms with E-state index in [4.69, 9.17) is 25.5 Å². The van der Waals surface area contributed by atoms with Crippen LogP contribution in [0.4, 0.5) is 0 Å². The maximum atomic E-state index is 13.9. The summed E-state index contributed by atoms with van der Waals surface area (Å²) in [6.45, 7) is 11.4. The number of ether oxygens (including phenoxy) is 2. The number of unbranched alkanes of at least 4 members (excludes halogenated alkanes) is 1. The Morgan fingerprint density at radius 1 is 1.00 bits per heavy atom. The van der Waals surface area contributed by atoms with Crippen LogP contribution in [0.2, 0.25) is 5.02 Å². The third-order valence-electron chi connectivity index (χ3n) is 7.27. The molecule has 1 aliphatic rings. The predicted octanol–water partition coefficient (Wildman–Crippen LogP) is 6.80. The molecular formula is C33H41ClN2O6. The summed E-state index contributed by atoms with van der Waals surface area (Å²) >= 11 is 6.15. The van der Waals surface area contributed by atoms with Gasteiger partial charge in [-0.3, -0.25) is 14.4 Å². The first kappa shape index (κ1) is 31.4. The number of amides is 2. The largest absolute Gasteiger partial charge is 0.464 e. The van der Waals surface area contributed by atoms with Gasteiger partial charge in [-0.1, -0.05) is 58.7 Å². The number of benzene rings is 2. The van der Waals surface area contributed by atoms with Gasteiger partial charge in [0.2, 0.25) is 18.6 Å². The summed E-state index contributed by atoms with van der Waals surface area (Å²) in [6, 6.07) is 10.4. The number of carbonyl (C=O) groups excluding carboxylic acids is 2. The van der Waals surface area contributed by atoms with Gasteiger partial charge in [-0.25, -0.2) is 0 Å². The highest BCUT2D eigenvalue weighted by atomic mass is 35.5. The van der Waals surface area contributed by atoms with Gasteiger partial charge in [0, 0.05) is 24.5 Å². The van der Waals surface area contributed by atoms with Crippen molar-refractivity contribution in [1.82, 2.24) is 9.80 Å². The Morgan fingerprint density at radius 3 is 2.50 bits per heavy atom. The number of hydrogen-bond donors (Lipinski definition) is 0. The van der Waals surface area contributed by atoms with E-state index < -0.39 is 0 Å². The fourth-order valence-corrected chi connectivity index (χ4v) is 5.57. The smallest absolute Gasteiger partial charge is 0.242 e. The lowest BCUT2D eigenvalue weighted by molar-refractivity contribution is -0.142. The molecular weight excluding hydrogens is 556 g/mol. The lowest BCUT2D eigenvalue weighted by Crippen LogP contribution is -2.43. The molecule has 1 aromatic heterocycles. The van der Waals surface area contributed by atoms with Gasteiger partial charge in [0.25, 0.3) is 0 Å². The van der Waals surface area contributed by atoms with E-state index in [1.165, 1.54) is 6.26 Å². The van der Waals surface area contributed by atoms with Crippen LogP contribution >= 0.6 is 11.6 Å². The number of hydrogen-bond acceptors (Lipinski definition) is 6. The van der Waals surface area contributed by atoms with Crippen molar-refractivity contribution in [3.8, 4) is 11.5 Å². The Bertz CT molecular complexity index is 1480. The number of nitrogens with zero attached hydrogens (tertiary/aromatic N) is 2. The molecule has 0 bridgehead atoms. The van der Waals surface area contributed by atoms with Crippen LogP contribution in [0, 0.1) is 11.3 Å². The standard InChI is InChI=1S/C33H41ClN2O6/c1-6-7-12-35(30(37)13-22(2)16-33(3,4)5)19-31(38)36(17-23-8-10-28-29(14-23)42-21-41-28)18-24-20-40-27-11-9-25(34)15-26(27)32(24)39/h8-11,14-15,20,22H,6-7,12-13,16-19,21H2,1-5H3/t22-/m0/s1. The summed E-state index contributed by atoms with van der Waals surface area (Å²) in [6.07, 6.45) is 4.38. The number of fused-ring (bicyclic) bond motifs is 2. The van der Waals surface area contributed by atoms with Gasteiger partial charge in [0.15, 0.2) is 16.9 Å². The monoisotopic (exact) mass is 596 g/mol. The first-order valence-electron chi connectivity index (χ1n) is 14.6. The van der Waals surface area contributed by atoms with Crippen LogP contribution in [0.3, 0.4) is 0 Å². The number of halogens is 1. The zero-order chi connectivity index (χ0) is 30.4. The highest BCUT2D eigenvalue weighted by Gasteiger charge is 2.26. The first-order valence-corrected chi connectivity index (χ1v) is 15.0. The van der Waals surface area contributed by atoms with Gasteiger partial charge in [0.1, 0.15) is 5.58 Å². The molecule has 0 unspecified atom stereocenters. The van der Waals surface area contributed by atoms with Crippen LogP contribution in [0.1, 0.15) is 71.4 Å². The lowest BCUT2D eigenvalue weighted by Gasteiger charge is -2.29. The van der Waals surface area contributed by atoms with Gasteiger partial charge < -0.3 is 23.7 Å². The van der Waals surface area contributed by atoms with Gasteiger partial charge in [-0.05, 0) is 60.1 Å². The van der Waals surface area contributed by atoms with Crippen molar-refractivity contribution in [3.05, 3.63) is 69.0 Å². The average molecular weight is 597 g/mol. The summed E-state index contributed by atoms with van der Waals surface area (Å²) in [7, 11) is 0. The van der Waals surface area contributed by atoms with Crippen molar-refractivity contribution in [2.45, 2.75) is 73.4 Å². The van der Waals surface area contributed by atoms with E-state index >= 15 is 0 Å². The lowest BCUT2D eigenvalue weighted by atomic mass is 9.84. The molecule has 0 fully saturated rings. The molecule has 226 valence electrons. The number of carbonyl (C=O) groups is 2. The Hall–Kier alpha value is -3.52. The van der Waals surface area contributed by atoms with E-state index in [0.29, 0.717) is 46.0 Å². The molecule has 0 saturated heterocycles. The second kappa shape index (κ2) is 13.6. The Kier molecular flexibility index (Phi) is 10.2. The SMILES string of the molecule is CCCCN(CC(=O)N(Cc1ccc2c(c1)OCO2)Cc1coc2ccc(Cl)cc2c1=O)C(=O)C[C@H](C)CC(C)(C)C. The van der Waals surface area contributed by atoms with Crippen LogP contribution in [0.25, 0.3) is 11.0 Å². The minimum absolute atomic E-state index is 0.00823. The summed E-state index contributed by atoms with van der Waals surface area (Å²) < 4.78 is 16.7. The molecule has 0 aliphatic carbocycles. The highest BCUT2D eigenvalue weighted by Crippen LogP contribution is 2.33. The second-order valence-electron chi connectivity index (χ2n) is 12.4. The van der Waals surface area contributed by atoms with Gasteiger partial charge in [-0.2, -0.15) is 0 Å². The second-order valence-corrected chi connectivity index (χ2v) is 12.8. The molecule has 1 aliphatic heterocycles. The van der Waals surface area contributed by atoms with Crippen LogP contribution in [0.5, 0.6) is 11.5 Å². The van der Waals surface area contributed by atoms with Crippen molar-refractivity contribution >= 4 is 34.4 Å². The molecule has 0 radical (unpaired) electrons. The summed E-state index contributed by atoms with van der Waals surface area (Å²) in [5, 5.41) is 0.772. The zero-order valence-corrected chi connectivity index (χ0v) is 26.0. The van der Waals surface area contributed by atoms with Gasteiger partial charge in [0.05, 0.1) is 30.3 Å². The molecule has 0 saturated carbocycles. The summed E-state index contributed by atoms with van der Waals surface area (Å²) in [4.78, 5) is 44.0. The van der Waals surface area contributed by atoms with E-state index in [9.17, 15) is 14.4 Å². The van der Waals surface area contributed by atoms with Gasteiger partial charge in [-0.15, -0.1) is 0 Å². The maximum absolute atomic E-state index is 13.9. The van der Waals surface area contributed by atoms with Crippen LogP contribution in [-0.4, -0.2) is 41.5 Å². The highest BCUT2D eigenvalue weighted by molar-refractivity contribution is 6.31. The normalized spacial score (nSPS) is 13.3. The first-order chi connectivity index (χ1) is 19.9. The third-order valence-corrected chi connectivity index (χ3v) is 7.51. The average Bonchev–Trinajstić information content (AvgIpc) is 3.39. The van der Waals surface area contributed by atoms with E-state index in [-0.39, 0.29) is 55.0 Å². The van der Waals surface area contributed by atoms with Crippen molar-refractivity contribution < 1.29 is 23.5 Å². The molecule has 1 atom stereocenters. The molecule has 2 aromatic carbocycles. The molecule has 2 heterocycles. The molecule has 4 rings (SSSR count). The molecule has 9 heteroatoms. The predicted molar refractivity (Wildman–Crippen MR) is 164 cm³/mol. The topological polar surface area (TPSA) is 89.3 Å². The van der Waals surface area contributed by atoms with Crippen molar-refractivity contribution in [2.24, 2.45) is 11.3 Å². The van der Waals surface area contributed by atoms with Crippen LogP contribution in [0.15, 0.2) is 51.9 Å². The Labute approximate surface area is 252 Å². The van der Waals surface area contributed by atoms with Crippen molar-refractivity contribution in [2.75, 3.05) is 19.9 Å². The molecule has 3 aromatic rings. The van der Waals surface area contributed by atoms with Crippen LogP contribution < -0.4 is 14.9 Å². The minimum atomic E-state index is -0.258. The zero-order valence-electron chi connectivity index (χ0n) is 25.2. The van der Waals surface area contributed by atoms with E-state index in [1.54, 1.807) is 34.1 Å². The molecule has 8 nitrogen and oxygen atoms in total. The number of rotatable bonds is 12. The van der Waals surface area contributed by atoms with E-state index in [2.05, 4.69) is 34.6 Å². The van der Waals surface area contributed by atoms with Gasteiger partial charge >= 0.3 is 0 Å². The van der Waals surface area contributed by atoms with E-state index in [0.717, 1.165) is 24.8 Å². The fourth-order valence-electron chi connectivity index (χ4n) is 5.40. The Morgan fingerprint density at radius 2 is 1.76 bits per heavy atom. The minimum Gasteiger partial charge on any atom is -0.464 e. The summed E-state index contributed by atoms with van der Waals surface area (Å²) in [5.41, 5.74) is 1.41. The quantitative estimate of drug-likeness (QED) is 0.229. The summed E-state index contributed by atoms with van der Waals surface area (Å²) in [5.74, 6) is 1.15. The molecule has 42 heavy (non-hydrogen) atoms. The van der Waals surface area contributed by atoms with Crippen LogP contribution in [-0.2, 0) is 22.7 Å². The third kappa shape index (κ3) is 8.28. The molecule has 0 N–H and O–H groups in total. The molecule has 0 spiro atoms. The molecule has 2 amide bonds. The van der Waals surface area contributed by atoms with Crippen molar-refractivity contribution in [1.29, 1.82) is 0 Å². The Balaban J connectivity index is 1.60.